The minimum Gasteiger partial charge on any atom is -0.392 e. The molecule has 0 radical (unpaired) electrons. The van der Waals surface area contributed by atoms with Crippen molar-refractivity contribution in [2.75, 3.05) is 0 Å². The van der Waals surface area contributed by atoms with Gasteiger partial charge in [0.2, 0.25) is 0 Å². The van der Waals surface area contributed by atoms with Crippen molar-refractivity contribution in [2.24, 2.45) is 5.92 Å². The fourth-order valence-corrected chi connectivity index (χ4v) is 0.848. The molecule has 0 aromatic rings. The number of aliphatic hydroxyl groups excluding tert-OH is 1. The average molecular weight is 154 g/mol. The van der Waals surface area contributed by atoms with E-state index in [2.05, 4.69) is 25.7 Å². The Morgan fingerprint density at radius 3 is 2.36 bits per heavy atom. The van der Waals surface area contributed by atoms with Gasteiger partial charge in [0, 0.05) is 6.42 Å². The van der Waals surface area contributed by atoms with Crippen LogP contribution in [0.15, 0.2) is 0 Å². The van der Waals surface area contributed by atoms with E-state index in [4.69, 9.17) is 0 Å². The topological polar surface area (TPSA) is 20.2 Å². The first-order valence-corrected chi connectivity index (χ1v) is 4.24. The molecular formula is C10H18O. The van der Waals surface area contributed by atoms with Gasteiger partial charge in [0.1, 0.15) is 0 Å². The Balaban J connectivity index is 3.34. The Morgan fingerprint density at radius 2 is 1.91 bits per heavy atom. The Morgan fingerprint density at radius 1 is 1.27 bits per heavy atom. The summed E-state index contributed by atoms with van der Waals surface area (Å²) in [6, 6.07) is 0. The molecule has 1 heteroatoms. The molecule has 0 saturated carbocycles. The van der Waals surface area contributed by atoms with E-state index in [1.54, 1.807) is 6.92 Å². The molecule has 64 valence electrons. The molecule has 0 amide bonds. The van der Waals surface area contributed by atoms with Crippen molar-refractivity contribution in [1.82, 2.24) is 0 Å². The summed E-state index contributed by atoms with van der Waals surface area (Å²) >= 11 is 0. The summed E-state index contributed by atoms with van der Waals surface area (Å²) in [5.41, 5.74) is 0. The van der Waals surface area contributed by atoms with Crippen LogP contribution in [0.25, 0.3) is 0 Å². The number of rotatable bonds is 4. The van der Waals surface area contributed by atoms with Crippen LogP contribution in [0, 0.1) is 17.8 Å². The first-order chi connectivity index (χ1) is 5.16. The molecule has 11 heavy (non-hydrogen) atoms. The van der Waals surface area contributed by atoms with Gasteiger partial charge in [-0.05, 0) is 25.7 Å². The molecule has 0 aliphatic rings. The summed E-state index contributed by atoms with van der Waals surface area (Å²) < 4.78 is 0. The van der Waals surface area contributed by atoms with Gasteiger partial charge >= 0.3 is 0 Å². The summed E-state index contributed by atoms with van der Waals surface area (Å²) in [6.45, 7) is 6.13. The number of aliphatic hydroxyl groups is 1. The molecular weight excluding hydrogens is 136 g/mol. The first kappa shape index (κ1) is 10.5. The highest BCUT2D eigenvalue weighted by atomic mass is 16.3. The highest BCUT2D eigenvalue weighted by Crippen LogP contribution is 2.08. The van der Waals surface area contributed by atoms with Crippen LogP contribution in [-0.2, 0) is 0 Å². The predicted molar refractivity (Wildman–Crippen MR) is 48.1 cm³/mol. The van der Waals surface area contributed by atoms with Gasteiger partial charge in [0.05, 0.1) is 6.10 Å². The van der Waals surface area contributed by atoms with E-state index in [-0.39, 0.29) is 6.10 Å². The van der Waals surface area contributed by atoms with E-state index < -0.39 is 0 Å². The lowest BCUT2D eigenvalue weighted by Crippen LogP contribution is -2.06. The van der Waals surface area contributed by atoms with E-state index in [9.17, 15) is 5.11 Å². The molecule has 0 fully saturated rings. The van der Waals surface area contributed by atoms with Crippen molar-refractivity contribution in [3.05, 3.63) is 0 Å². The molecule has 0 bridgehead atoms. The second kappa shape index (κ2) is 6.24. The lowest BCUT2D eigenvalue weighted by molar-refractivity contribution is 0.162. The van der Waals surface area contributed by atoms with Crippen molar-refractivity contribution in [3.63, 3.8) is 0 Å². The molecule has 0 rings (SSSR count). The first-order valence-electron chi connectivity index (χ1n) is 4.24. The maximum absolute atomic E-state index is 9.33. The highest BCUT2D eigenvalue weighted by molar-refractivity contribution is 4.96. The summed E-state index contributed by atoms with van der Waals surface area (Å²) in [5, 5.41) is 9.33. The van der Waals surface area contributed by atoms with Crippen LogP contribution in [0.1, 0.15) is 40.0 Å². The van der Waals surface area contributed by atoms with Gasteiger partial charge in [0.15, 0.2) is 0 Å². The van der Waals surface area contributed by atoms with E-state index >= 15 is 0 Å². The van der Waals surface area contributed by atoms with Gasteiger partial charge in [-0.15, -0.1) is 11.8 Å². The van der Waals surface area contributed by atoms with Crippen LogP contribution in [0.5, 0.6) is 0 Å². The van der Waals surface area contributed by atoms with Gasteiger partial charge in [-0.2, -0.15) is 0 Å². The third-order valence-corrected chi connectivity index (χ3v) is 1.59. The predicted octanol–water partition coefficient (Wildman–Crippen LogP) is 2.20. The minimum atomic E-state index is -0.218. The quantitative estimate of drug-likeness (QED) is 0.615. The van der Waals surface area contributed by atoms with Crippen molar-refractivity contribution >= 4 is 0 Å². The Kier molecular flexibility index (Phi) is 5.97. The fourth-order valence-electron chi connectivity index (χ4n) is 0.848. The summed E-state index contributed by atoms with van der Waals surface area (Å²) in [7, 11) is 0. The highest BCUT2D eigenvalue weighted by Gasteiger charge is 2.02. The molecule has 0 aliphatic carbocycles. The zero-order valence-electron chi connectivity index (χ0n) is 7.72. The SMILES string of the molecule is CC#CCC(O)CCC(C)C. The monoisotopic (exact) mass is 154 g/mol. The zero-order chi connectivity index (χ0) is 8.69. The largest absolute Gasteiger partial charge is 0.392 e. The second-order valence-electron chi connectivity index (χ2n) is 3.26. The third kappa shape index (κ3) is 7.42. The van der Waals surface area contributed by atoms with E-state index in [1.807, 2.05) is 0 Å². The Bertz CT molecular complexity index is 139. The van der Waals surface area contributed by atoms with E-state index in [0.29, 0.717) is 12.3 Å². The number of hydrogen-bond acceptors (Lipinski definition) is 1. The lowest BCUT2D eigenvalue weighted by atomic mass is 10.0. The molecule has 1 nitrogen and oxygen atoms in total. The molecule has 0 spiro atoms. The average Bonchev–Trinajstić information content (AvgIpc) is 1.97. The summed E-state index contributed by atoms with van der Waals surface area (Å²) in [4.78, 5) is 0. The molecule has 1 unspecified atom stereocenters. The van der Waals surface area contributed by atoms with Gasteiger partial charge in [0.25, 0.3) is 0 Å². The smallest absolute Gasteiger partial charge is 0.0649 e. The summed E-state index contributed by atoms with van der Waals surface area (Å²) in [6.07, 6.45) is 2.38. The maximum Gasteiger partial charge on any atom is 0.0649 e. The van der Waals surface area contributed by atoms with E-state index in [0.717, 1.165) is 12.8 Å². The van der Waals surface area contributed by atoms with E-state index in [1.165, 1.54) is 0 Å². The Labute approximate surface area is 69.8 Å². The second-order valence-corrected chi connectivity index (χ2v) is 3.26. The molecule has 0 aromatic heterocycles. The fraction of sp³-hybridized carbons (Fsp3) is 0.800. The molecule has 0 heterocycles. The lowest BCUT2D eigenvalue weighted by Gasteiger charge is -2.08. The van der Waals surface area contributed by atoms with Gasteiger partial charge in [-0.1, -0.05) is 13.8 Å². The van der Waals surface area contributed by atoms with Crippen LogP contribution in [0.4, 0.5) is 0 Å². The molecule has 0 aromatic carbocycles. The molecule has 0 saturated heterocycles. The van der Waals surface area contributed by atoms with Gasteiger partial charge in [-0.25, -0.2) is 0 Å². The third-order valence-electron chi connectivity index (χ3n) is 1.59. The van der Waals surface area contributed by atoms with Gasteiger partial charge in [-0.3, -0.25) is 0 Å². The number of hydrogen-bond donors (Lipinski definition) is 1. The maximum atomic E-state index is 9.33. The Hall–Kier alpha value is -0.480. The van der Waals surface area contributed by atoms with Crippen LogP contribution < -0.4 is 0 Å². The van der Waals surface area contributed by atoms with Crippen LogP contribution in [0.2, 0.25) is 0 Å². The molecule has 1 N–H and O–H groups in total. The standard InChI is InChI=1S/C10H18O/c1-4-5-6-10(11)8-7-9(2)3/h9-11H,6-8H2,1-3H3. The van der Waals surface area contributed by atoms with Gasteiger partial charge < -0.3 is 5.11 Å². The van der Waals surface area contributed by atoms with Crippen LogP contribution in [0.3, 0.4) is 0 Å². The van der Waals surface area contributed by atoms with Crippen LogP contribution in [-0.4, -0.2) is 11.2 Å². The van der Waals surface area contributed by atoms with Crippen molar-refractivity contribution in [3.8, 4) is 11.8 Å². The van der Waals surface area contributed by atoms with Crippen molar-refractivity contribution < 1.29 is 5.11 Å². The summed E-state index contributed by atoms with van der Waals surface area (Å²) in [5.74, 6) is 6.33. The molecule has 1 atom stereocenters. The molecule has 0 aliphatic heterocycles. The van der Waals surface area contributed by atoms with Crippen molar-refractivity contribution in [2.45, 2.75) is 46.1 Å². The minimum absolute atomic E-state index is 0.218. The zero-order valence-corrected chi connectivity index (χ0v) is 7.72. The normalized spacial score (nSPS) is 12.5. The van der Waals surface area contributed by atoms with Crippen molar-refractivity contribution in [1.29, 1.82) is 0 Å². The van der Waals surface area contributed by atoms with Crippen LogP contribution >= 0.6 is 0 Å².